The lowest BCUT2D eigenvalue weighted by molar-refractivity contribution is 0.571. The van der Waals surface area contributed by atoms with Crippen molar-refractivity contribution in [3.8, 4) is 0 Å². The highest BCUT2D eigenvalue weighted by Gasteiger charge is 2.00. The molecule has 0 unspecified atom stereocenters. The van der Waals surface area contributed by atoms with Crippen molar-refractivity contribution in [3.63, 3.8) is 0 Å². The second kappa shape index (κ2) is 7.39. The Balaban J connectivity index is 0.00000112. The van der Waals surface area contributed by atoms with Crippen molar-refractivity contribution in [2.24, 2.45) is 0 Å². The third kappa shape index (κ3) is 3.93. The molecule has 3 nitrogen and oxygen atoms in total. The summed E-state index contributed by atoms with van der Waals surface area (Å²) in [5, 5.41) is 3.76. The molecule has 1 aromatic carbocycles. The summed E-state index contributed by atoms with van der Waals surface area (Å²) in [6.45, 7) is 0.611. The highest BCUT2D eigenvalue weighted by atomic mass is 35.5. The highest BCUT2D eigenvalue weighted by molar-refractivity contribution is 6.31. The van der Waals surface area contributed by atoms with E-state index in [0.717, 1.165) is 10.6 Å². The van der Waals surface area contributed by atoms with E-state index in [1.807, 2.05) is 24.3 Å². The molecule has 2 rings (SSSR count). The first-order valence-corrected chi connectivity index (χ1v) is 4.61. The Bertz CT molecular complexity index is 406. The fourth-order valence-electron chi connectivity index (χ4n) is 1.12. The first-order valence-electron chi connectivity index (χ1n) is 4.23. The summed E-state index contributed by atoms with van der Waals surface area (Å²) < 4.78 is 5.03. The molecule has 16 heavy (non-hydrogen) atoms. The van der Waals surface area contributed by atoms with Crippen LogP contribution in [0.2, 0.25) is 5.02 Å². The molecule has 0 atom stereocenters. The number of halogens is 3. The molecule has 0 saturated heterocycles. The molecule has 1 heterocycles. The van der Waals surface area contributed by atoms with Crippen molar-refractivity contribution in [1.29, 1.82) is 0 Å². The molecule has 0 spiro atoms. The Labute approximate surface area is 111 Å². The van der Waals surface area contributed by atoms with Crippen molar-refractivity contribution in [2.75, 3.05) is 5.32 Å². The third-order valence-electron chi connectivity index (χ3n) is 1.82. The van der Waals surface area contributed by atoms with Gasteiger partial charge in [0, 0.05) is 11.6 Å². The number of oxazole rings is 1. The number of hydrogen-bond acceptors (Lipinski definition) is 3. The van der Waals surface area contributed by atoms with E-state index in [0.29, 0.717) is 12.6 Å². The van der Waals surface area contributed by atoms with E-state index in [-0.39, 0.29) is 24.8 Å². The summed E-state index contributed by atoms with van der Waals surface area (Å²) in [6.07, 6.45) is 3.11. The zero-order valence-electron chi connectivity index (χ0n) is 8.22. The van der Waals surface area contributed by atoms with E-state index in [4.69, 9.17) is 16.0 Å². The van der Waals surface area contributed by atoms with Crippen LogP contribution >= 0.6 is 36.4 Å². The van der Waals surface area contributed by atoms with Gasteiger partial charge in [0.05, 0.1) is 6.20 Å². The van der Waals surface area contributed by atoms with E-state index in [2.05, 4.69) is 10.3 Å². The molecule has 1 N–H and O–H groups in total. The lowest BCUT2D eigenvalue weighted by Crippen LogP contribution is -1.99. The van der Waals surface area contributed by atoms with Crippen LogP contribution in [0.3, 0.4) is 0 Å². The average Bonchev–Trinajstić information content (AvgIpc) is 2.69. The summed E-state index contributed by atoms with van der Waals surface area (Å²) in [7, 11) is 0. The molecule has 0 fully saturated rings. The topological polar surface area (TPSA) is 38.1 Å². The Kier molecular flexibility index (Phi) is 6.97. The Morgan fingerprint density at radius 1 is 1.25 bits per heavy atom. The summed E-state index contributed by atoms with van der Waals surface area (Å²) in [6, 6.07) is 8.16. The van der Waals surface area contributed by atoms with Crippen LogP contribution in [0, 0.1) is 0 Å². The van der Waals surface area contributed by atoms with E-state index < -0.39 is 0 Å². The van der Waals surface area contributed by atoms with Gasteiger partial charge in [0.1, 0.15) is 6.26 Å². The van der Waals surface area contributed by atoms with E-state index >= 15 is 0 Å². The lowest BCUT2D eigenvalue weighted by atomic mass is 10.2. The van der Waals surface area contributed by atoms with Crippen LogP contribution < -0.4 is 5.32 Å². The summed E-state index contributed by atoms with van der Waals surface area (Å²) >= 11 is 5.97. The Morgan fingerprint density at radius 2 is 2.00 bits per heavy atom. The largest absolute Gasteiger partial charge is 0.432 e. The molecule has 0 aliphatic heterocycles. The third-order valence-corrected chi connectivity index (χ3v) is 2.19. The van der Waals surface area contributed by atoms with Gasteiger partial charge >= 0.3 is 0 Å². The molecule has 2 aromatic rings. The second-order valence-electron chi connectivity index (χ2n) is 2.78. The van der Waals surface area contributed by atoms with E-state index in [1.165, 1.54) is 6.26 Å². The molecular formula is C10H11Cl3N2O. The molecule has 0 amide bonds. The molecular weight excluding hydrogens is 270 g/mol. The number of benzene rings is 1. The van der Waals surface area contributed by atoms with E-state index in [9.17, 15) is 0 Å². The van der Waals surface area contributed by atoms with Crippen LogP contribution in [-0.4, -0.2) is 4.98 Å². The zero-order chi connectivity index (χ0) is 9.80. The number of nitrogens with zero attached hydrogens (tertiary/aromatic N) is 1. The summed E-state index contributed by atoms with van der Waals surface area (Å²) in [5.74, 6) is 0. The van der Waals surface area contributed by atoms with Crippen LogP contribution in [-0.2, 0) is 6.54 Å². The van der Waals surface area contributed by atoms with Gasteiger partial charge in [-0.25, -0.2) is 4.98 Å². The van der Waals surface area contributed by atoms with Crippen molar-refractivity contribution < 1.29 is 4.42 Å². The van der Waals surface area contributed by atoms with Crippen molar-refractivity contribution >= 4 is 42.4 Å². The van der Waals surface area contributed by atoms with Crippen molar-refractivity contribution in [3.05, 3.63) is 47.3 Å². The zero-order valence-corrected chi connectivity index (χ0v) is 10.6. The number of nitrogens with one attached hydrogen (secondary N) is 1. The van der Waals surface area contributed by atoms with Gasteiger partial charge < -0.3 is 9.73 Å². The maximum Gasteiger partial charge on any atom is 0.294 e. The SMILES string of the molecule is Cl.Cl.Clc1ccccc1CNc1ncco1. The van der Waals surface area contributed by atoms with Gasteiger partial charge in [-0.15, -0.1) is 24.8 Å². The molecule has 0 saturated carbocycles. The summed E-state index contributed by atoms with van der Waals surface area (Å²) in [5.41, 5.74) is 1.02. The van der Waals surface area contributed by atoms with Crippen LogP contribution in [0.25, 0.3) is 0 Å². The maximum atomic E-state index is 5.97. The van der Waals surface area contributed by atoms with Crippen molar-refractivity contribution in [2.45, 2.75) is 6.54 Å². The quantitative estimate of drug-likeness (QED) is 0.930. The first kappa shape index (κ1) is 15.1. The molecule has 0 radical (unpaired) electrons. The predicted octanol–water partition coefficient (Wildman–Crippen LogP) is 3.78. The number of rotatable bonds is 3. The number of hydrogen-bond donors (Lipinski definition) is 1. The van der Waals surface area contributed by atoms with Crippen LogP contribution in [0.1, 0.15) is 5.56 Å². The first-order chi connectivity index (χ1) is 6.86. The summed E-state index contributed by atoms with van der Waals surface area (Å²) in [4.78, 5) is 3.94. The van der Waals surface area contributed by atoms with E-state index in [1.54, 1.807) is 6.20 Å². The smallest absolute Gasteiger partial charge is 0.294 e. The van der Waals surface area contributed by atoms with Gasteiger partial charge in [-0.05, 0) is 11.6 Å². The van der Waals surface area contributed by atoms with Gasteiger partial charge in [-0.2, -0.15) is 0 Å². The van der Waals surface area contributed by atoms with Crippen LogP contribution in [0.15, 0.2) is 41.1 Å². The average molecular weight is 282 g/mol. The predicted molar refractivity (Wildman–Crippen MR) is 69.8 cm³/mol. The minimum Gasteiger partial charge on any atom is -0.432 e. The standard InChI is InChI=1S/C10H9ClN2O.2ClH/c11-9-4-2-1-3-8(9)7-13-10-12-5-6-14-10;;/h1-6H,7H2,(H,12,13);2*1H. The van der Waals surface area contributed by atoms with Gasteiger partial charge in [0.25, 0.3) is 6.01 Å². The van der Waals surface area contributed by atoms with Crippen molar-refractivity contribution in [1.82, 2.24) is 4.98 Å². The van der Waals surface area contributed by atoms with Gasteiger partial charge in [0.2, 0.25) is 0 Å². The minimum absolute atomic E-state index is 0. The second-order valence-corrected chi connectivity index (χ2v) is 3.19. The fourth-order valence-corrected chi connectivity index (χ4v) is 1.33. The fraction of sp³-hybridized carbons (Fsp3) is 0.100. The molecule has 0 aliphatic carbocycles. The van der Waals surface area contributed by atoms with Crippen LogP contribution in [0.4, 0.5) is 6.01 Å². The molecule has 88 valence electrons. The number of anilines is 1. The minimum atomic E-state index is 0. The van der Waals surface area contributed by atoms with Gasteiger partial charge in [0.15, 0.2) is 0 Å². The lowest BCUT2D eigenvalue weighted by Gasteiger charge is -2.03. The number of aromatic nitrogens is 1. The van der Waals surface area contributed by atoms with Gasteiger partial charge in [-0.3, -0.25) is 0 Å². The monoisotopic (exact) mass is 280 g/mol. The van der Waals surface area contributed by atoms with Gasteiger partial charge in [-0.1, -0.05) is 29.8 Å². The Morgan fingerprint density at radius 3 is 2.62 bits per heavy atom. The maximum absolute atomic E-state index is 5.97. The molecule has 1 aromatic heterocycles. The molecule has 0 bridgehead atoms. The Hall–Kier alpha value is -0.900. The normalized spacial score (nSPS) is 8.81. The van der Waals surface area contributed by atoms with Crippen LogP contribution in [0.5, 0.6) is 0 Å². The molecule has 0 aliphatic rings. The highest BCUT2D eigenvalue weighted by Crippen LogP contribution is 2.16. The molecule has 6 heteroatoms.